The summed E-state index contributed by atoms with van der Waals surface area (Å²) in [5, 5.41) is 15.4. The van der Waals surface area contributed by atoms with Crippen LogP contribution >= 0.6 is 0 Å². The molecule has 2 nitrogen and oxygen atoms in total. The fraction of sp³-hybridized carbons (Fsp3) is 0.0426. The van der Waals surface area contributed by atoms with Crippen molar-refractivity contribution in [1.29, 1.82) is 0 Å². The van der Waals surface area contributed by atoms with Gasteiger partial charge in [-0.1, -0.05) is 291 Å². The molecular formula is C94H66N2. The number of benzene rings is 17. The van der Waals surface area contributed by atoms with Gasteiger partial charge >= 0.3 is 0 Å². The number of hydrogen-bond donors (Lipinski definition) is 0. The molecular weight excluding hydrogens is 1160 g/mol. The first-order valence-electron chi connectivity index (χ1n) is 33.5. The van der Waals surface area contributed by atoms with Gasteiger partial charge in [0.25, 0.3) is 0 Å². The molecule has 2 aliphatic carbocycles. The lowest BCUT2D eigenvalue weighted by Gasteiger charge is -2.31. The van der Waals surface area contributed by atoms with Gasteiger partial charge in [0, 0.05) is 45.0 Å². The maximum absolute atomic E-state index is 2.44. The molecule has 0 saturated heterocycles. The molecule has 0 saturated carbocycles. The molecule has 0 radical (unpaired) electrons. The second-order valence-corrected chi connectivity index (χ2v) is 26.1. The number of nitrogens with zero attached hydrogens (tertiary/aromatic N) is 2. The van der Waals surface area contributed by atoms with Crippen molar-refractivity contribution in [3.05, 3.63) is 397 Å². The van der Waals surface area contributed by atoms with E-state index in [1.54, 1.807) is 0 Å². The van der Waals surface area contributed by atoms with Crippen LogP contribution < -0.4 is 9.80 Å². The first-order chi connectivity index (χ1) is 47.4. The Balaban J connectivity index is 0.000000141. The van der Waals surface area contributed by atoms with Gasteiger partial charge in [0.2, 0.25) is 0 Å². The monoisotopic (exact) mass is 1220 g/mol. The van der Waals surface area contributed by atoms with Gasteiger partial charge < -0.3 is 9.80 Å². The van der Waals surface area contributed by atoms with Crippen LogP contribution in [-0.4, -0.2) is 0 Å². The molecule has 0 aliphatic heterocycles. The average molecular weight is 1220 g/mol. The molecule has 2 atom stereocenters. The van der Waals surface area contributed by atoms with E-state index in [2.05, 4.69) is 388 Å². The minimum absolute atomic E-state index is 0.260. The number of anilines is 6. The van der Waals surface area contributed by atoms with Crippen LogP contribution in [0.2, 0.25) is 0 Å². The predicted molar refractivity (Wildman–Crippen MR) is 408 cm³/mol. The molecule has 96 heavy (non-hydrogen) atoms. The van der Waals surface area contributed by atoms with Crippen molar-refractivity contribution in [1.82, 2.24) is 0 Å². The topological polar surface area (TPSA) is 6.48 Å². The fourth-order valence-electron chi connectivity index (χ4n) is 16.4. The van der Waals surface area contributed by atoms with E-state index in [-0.39, 0.29) is 10.8 Å². The Morgan fingerprint density at radius 2 is 0.438 bits per heavy atom. The van der Waals surface area contributed by atoms with Crippen LogP contribution in [-0.2, 0) is 10.8 Å². The van der Waals surface area contributed by atoms with Gasteiger partial charge in [-0.2, -0.15) is 0 Å². The zero-order valence-electron chi connectivity index (χ0n) is 53.5. The Morgan fingerprint density at radius 1 is 0.177 bits per heavy atom. The van der Waals surface area contributed by atoms with Crippen molar-refractivity contribution < 1.29 is 0 Å². The first-order valence-corrected chi connectivity index (χ1v) is 33.5. The summed E-state index contributed by atoms with van der Waals surface area (Å²) < 4.78 is 0. The fourth-order valence-corrected chi connectivity index (χ4v) is 16.4. The summed E-state index contributed by atoms with van der Waals surface area (Å²) in [7, 11) is 0. The normalized spacial score (nSPS) is 15.1. The van der Waals surface area contributed by atoms with Gasteiger partial charge in [0.15, 0.2) is 0 Å². The lowest BCUT2D eigenvalue weighted by molar-refractivity contribution is 0.714. The largest absolute Gasteiger partial charge is 0.310 e. The summed E-state index contributed by atoms with van der Waals surface area (Å²) in [6.07, 6.45) is 0. The van der Waals surface area contributed by atoms with Crippen LogP contribution in [0.25, 0.3) is 98.0 Å². The van der Waals surface area contributed by atoms with E-state index < -0.39 is 0 Å². The van der Waals surface area contributed by atoms with E-state index >= 15 is 0 Å². The van der Waals surface area contributed by atoms with Gasteiger partial charge in [0.05, 0.1) is 0 Å². The Morgan fingerprint density at radius 3 is 0.833 bits per heavy atom. The Hall–Kier alpha value is -12.1. The first kappa shape index (κ1) is 56.6. The molecule has 2 aliphatic rings. The maximum Gasteiger partial charge on any atom is 0.0468 e. The summed E-state index contributed by atoms with van der Waals surface area (Å²) in [5.74, 6) is 0. The molecule has 0 aromatic heterocycles. The predicted octanol–water partition coefficient (Wildman–Crippen LogP) is 25.6. The van der Waals surface area contributed by atoms with Crippen molar-refractivity contribution >= 4 is 98.8 Å². The van der Waals surface area contributed by atoms with Crippen molar-refractivity contribution in [2.45, 2.75) is 24.7 Å². The van der Waals surface area contributed by atoms with E-state index in [1.165, 1.54) is 131 Å². The Labute approximate surface area is 560 Å². The Kier molecular flexibility index (Phi) is 13.5. The van der Waals surface area contributed by atoms with Crippen LogP contribution in [0.1, 0.15) is 47.2 Å². The van der Waals surface area contributed by atoms with Crippen LogP contribution in [0.3, 0.4) is 0 Å². The van der Waals surface area contributed by atoms with Crippen molar-refractivity contribution in [3.8, 4) is 33.4 Å². The maximum atomic E-state index is 2.44. The highest BCUT2D eigenvalue weighted by atomic mass is 15.1. The third-order valence-corrected chi connectivity index (χ3v) is 21.0. The standard InChI is InChI=1S/C50H35N.C44H31N/c1-50(36-16-6-3-7-17-36)48-23-13-12-22-45(48)46-31-29-39(33-49(46)50)51(37-26-24-35(25-27-37)34-14-4-2-5-15-34)38-28-30-44-42-20-9-8-18-40(42)41-19-10-11-21-43(41)47(44)32-38;1-44(30-14-4-2-5-15-30)42-23-13-12-22-39(42)40-27-25-33(29-43(40)44)45(31-16-6-3-7-17-31)32-24-26-38-36-20-9-8-18-34(36)35-19-10-11-21-37(35)41(38)28-32/h2-33H,1H3;2-29H,1H3. The van der Waals surface area contributed by atoms with Gasteiger partial charge in [-0.25, -0.2) is 0 Å². The summed E-state index contributed by atoms with van der Waals surface area (Å²) in [4.78, 5) is 4.85. The molecule has 0 N–H and O–H groups in total. The molecule has 17 aromatic rings. The van der Waals surface area contributed by atoms with Crippen molar-refractivity contribution in [2.24, 2.45) is 0 Å². The summed E-state index contributed by atoms with van der Waals surface area (Å²) in [6, 6.07) is 134. The van der Waals surface area contributed by atoms with Gasteiger partial charge in [-0.05, 0) is 218 Å². The van der Waals surface area contributed by atoms with Gasteiger partial charge in [0.1, 0.15) is 0 Å². The highest BCUT2D eigenvalue weighted by Gasteiger charge is 2.43. The molecule has 17 aromatic carbocycles. The molecule has 0 amide bonds. The van der Waals surface area contributed by atoms with E-state index in [1.807, 2.05) is 0 Å². The second-order valence-electron chi connectivity index (χ2n) is 26.1. The average Bonchev–Trinajstić information content (AvgIpc) is 1.39. The number of para-hydroxylation sites is 1. The third-order valence-electron chi connectivity index (χ3n) is 21.0. The zero-order valence-corrected chi connectivity index (χ0v) is 53.5. The molecule has 0 fully saturated rings. The minimum Gasteiger partial charge on any atom is -0.310 e. The quantitative estimate of drug-likeness (QED) is 0.133. The number of hydrogen-bond acceptors (Lipinski definition) is 2. The number of rotatable bonds is 9. The van der Waals surface area contributed by atoms with Crippen LogP contribution in [0.4, 0.5) is 34.1 Å². The Bertz CT molecular complexity index is 5790. The molecule has 2 unspecified atom stereocenters. The summed E-state index contributed by atoms with van der Waals surface area (Å²) in [6.45, 7) is 4.78. The molecule has 0 spiro atoms. The summed E-state index contributed by atoms with van der Waals surface area (Å²) >= 11 is 0. The van der Waals surface area contributed by atoms with E-state index in [0.717, 1.165) is 34.1 Å². The van der Waals surface area contributed by atoms with Crippen molar-refractivity contribution in [3.63, 3.8) is 0 Å². The van der Waals surface area contributed by atoms with Crippen LogP contribution in [0.5, 0.6) is 0 Å². The van der Waals surface area contributed by atoms with E-state index in [4.69, 9.17) is 0 Å². The smallest absolute Gasteiger partial charge is 0.0468 e. The third kappa shape index (κ3) is 9.01. The SMILES string of the molecule is CC1(c2ccccc2)c2ccccc2-c2ccc(N(c3ccc(-c4ccccc4)cc3)c3ccc4c5ccccc5c5ccccc5c4c3)cc21.CC1(c2ccccc2)c2ccccc2-c2ccc(N(c3ccccc3)c3ccc4c5ccccc5c5ccccc5c4c3)cc21. The van der Waals surface area contributed by atoms with Gasteiger partial charge in [-0.15, -0.1) is 0 Å². The molecule has 452 valence electrons. The molecule has 0 bridgehead atoms. The zero-order chi connectivity index (χ0) is 63.9. The second kappa shape index (κ2) is 22.9. The van der Waals surface area contributed by atoms with E-state index in [9.17, 15) is 0 Å². The summed E-state index contributed by atoms with van der Waals surface area (Å²) in [5.41, 5.74) is 21.9. The number of fused-ring (bicyclic) bond motifs is 18. The van der Waals surface area contributed by atoms with E-state index in [0.29, 0.717) is 0 Å². The highest BCUT2D eigenvalue weighted by Crippen LogP contribution is 2.56. The highest BCUT2D eigenvalue weighted by molar-refractivity contribution is 6.27. The van der Waals surface area contributed by atoms with Gasteiger partial charge in [-0.3, -0.25) is 0 Å². The lowest BCUT2D eigenvalue weighted by atomic mass is 9.74. The lowest BCUT2D eigenvalue weighted by Crippen LogP contribution is -2.22. The molecule has 0 heterocycles. The van der Waals surface area contributed by atoms with Crippen molar-refractivity contribution in [2.75, 3.05) is 9.80 Å². The minimum atomic E-state index is -0.287. The molecule has 2 heteroatoms. The van der Waals surface area contributed by atoms with Crippen LogP contribution in [0, 0.1) is 0 Å². The van der Waals surface area contributed by atoms with Crippen LogP contribution in [0.15, 0.2) is 364 Å². The molecule has 19 rings (SSSR count).